The molecule has 3 aromatic rings. The number of aromatic nitrogens is 2. The summed E-state index contributed by atoms with van der Waals surface area (Å²) >= 11 is 1.61. The van der Waals surface area contributed by atoms with Crippen LogP contribution in [0.1, 0.15) is 25.8 Å². The minimum Gasteiger partial charge on any atom is -0.497 e. The molecule has 4 rings (SSSR count). The van der Waals surface area contributed by atoms with Crippen LogP contribution in [-0.2, 0) is 6.42 Å². The van der Waals surface area contributed by atoms with Gasteiger partial charge < -0.3 is 21.1 Å². The predicted octanol–water partition coefficient (Wildman–Crippen LogP) is 4.18. The SMILES string of the molecule is C=C(N)[C@@H]1C[C@@H](Cc2cc(-c3csc(NC(C)C)n3)nc3cc(OC)ccc23)CN1. The number of pyridine rings is 1. The number of nitrogens with one attached hydrogen (secondary N) is 2. The second-order valence-electron chi connectivity index (χ2n) is 8.23. The maximum absolute atomic E-state index is 5.92. The number of hydrogen-bond acceptors (Lipinski definition) is 7. The van der Waals surface area contributed by atoms with Gasteiger partial charge >= 0.3 is 0 Å². The Hall–Kier alpha value is -2.64. The summed E-state index contributed by atoms with van der Waals surface area (Å²) in [6.45, 7) is 9.06. The lowest BCUT2D eigenvalue weighted by atomic mass is 9.93. The number of rotatable bonds is 7. The van der Waals surface area contributed by atoms with Gasteiger partial charge in [0.2, 0.25) is 0 Å². The number of nitrogens with two attached hydrogens (primary N) is 1. The smallest absolute Gasteiger partial charge is 0.183 e. The van der Waals surface area contributed by atoms with Gasteiger partial charge in [-0.2, -0.15) is 0 Å². The quantitative estimate of drug-likeness (QED) is 0.529. The van der Waals surface area contributed by atoms with Crippen molar-refractivity contribution in [3.05, 3.63) is 47.5 Å². The van der Waals surface area contributed by atoms with Crippen LogP contribution in [0.3, 0.4) is 0 Å². The standard InChI is InChI=1S/C23H29N5OS/c1-13(2)26-23-28-22(12-30-23)21-9-16(7-15-8-19(14(3)24)25-11-15)18-6-5-17(29-4)10-20(18)27-21/h5-6,9-10,12-13,15,19,25H,3,7-8,11,24H2,1-2,4H3,(H,26,28)/t15-,19+/m1/s1. The van der Waals surface area contributed by atoms with Crippen molar-refractivity contribution in [2.75, 3.05) is 19.0 Å². The topological polar surface area (TPSA) is 85.1 Å². The summed E-state index contributed by atoms with van der Waals surface area (Å²) in [6.07, 6.45) is 1.96. The van der Waals surface area contributed by atoms with Crippen molar-refractivity contribution in [2.45, 2.75) is 38.8 Å². The molecule has 0 saturated carbocycles. The molecule has 30 heavy (non-hydrogen) atoms. The second kappa shape index (κ2) is 8.62. The van der Waals surface area contributed by atoms with Gasteiger partial charge in [0.1, 0.15) is 11.4 Å². The first-order valence-corrected chi connectivity index (χ1v) is 11.2. The first-order chi connectivity index (χ1) is 14.4. The molecule has 2 aromatic heterocycles. The van der Waals surface area contributed by atoms with E-state index >= 15 is 0 Å². The van der Waals surface area contributed by atoms with Crippen LogP contribution < -0.4 is 21.1 Å². The molecule has 1 aromatic carbocycles. The molecule has 7 heteroatoms. The van der Waals surface area contributed by atoms with E-state index in [4.69, 9.17) is 20.4 Å². The molecule has 1 aliphatic rings. The molecule has 0 bridgehead atoms. The van der Waals surface area contributed by atoms with Crippen molar-refractivity contribution < 1.29 is 4.74 Å². The molecule has 0 unspecified atom stereocenters. The maximum atomic E-state index is 5.92. The average Bonchev–Trinajstić information content (AvgIpc) is 3.36. The lowest BCUT2D eigenvalue weighted by molar-refractivity contribution is 0.415. The Morgan fingerprint density at radius 2 is 2.17 bits per heavy atom. The zero-order valence-corrected chi connectivity index (χ0v) is 18.6. The first kappa shape index (κ1) is 20.6. The Kier molecular flexibility index (Phi) is 5.92. The minimum absolute atomic E-state index is 0.200. The van der Waals surface area contributed by atoms with Crippen LogP contribution in [0.4, 0.5) is 5.13 Å². The zero-order chi connectivity index (χ0) is 21.3. The van der Waals surface area contributed by atoms with Crippen molar-refractivity contribution in [1.29, 1.82) is 0 Å². The van der Waals surface area contributed by atoms with E-state index in [9.17, 15) is 0 Å². The van der Waals surface area contributed by atoms with E-state index < -0.39 is 0 Å². The van der Waals surface area contributed by atoms with Crippen LogP contribution in [0.5, 0.6) is 5.75 Å². The number of fused-ring (bicyclic) bond motifs is 1. The van der Waals surface area contributed by atoms with Crippen LogP contribution in [-0.4, -0.2) is 35.7 Å². The Labute approximate surface area is 181 Å². The number of anilines is 1. The molecular formula is C23H29N5OS. The number of thiazole rings is 1. The van der Waals surface area contributed by atoms with Gasteiger partial charge in [0.25, 0.3) is 0 Å². The molecule has 1 fully saturated rings. The summed E-state index contributed by atoms with van der Waals surface area (Å²) in [4.78, 5) is 9.66. The van der Waals surface area contributed by atoms with Crippen molar-refractivity contribution in [3.63, 3.8) is 0 Å². The van der Waals surface area contributed by atoms with Gasteiger partial charge in [-0.25, -0.2) is 9.97 Å². The molecule has 158 valence electrons. The van der Waals surface area contributed by atoms with Crippen LogP contribution >= 0.6 is 11.3 Å². The monoisotopic (exact) mass is 423 g/mol. The normalized spacial score (nSPS) is 18.8. The molecule has 0 amide bonds. The van der Waals surface area contributed by atoms with Gasteiger partial charge in [0, 0.05) is 34.6 Å². The molecular weight excluding hydrogens is 394 g/mol. The zero-order valence-electron chi connectivity index (χ0n) is 17.7. The molecule has 3 heterocycles. The Morgan fingerprint density at radius 1 is 1.33 bits per heavy atom. The molecule has 0 radical (unpaired) electrons. The summed E-state index contributed by atoms with van der Waals surface area (Å²) in [5.41, 5.74) is 10.6. The van der Waals surface area contributed by atoms with Gasteiger partial charge in [-0.1, -0.05) is 6.58 Å². The highest BCUT2D eigenvalue weighted by atomic mass is 32.1. The number of benzene rings is 1. The van der Waals surface area contributed by atoms with Crippen LogP contribution in [0.2, 0.25) is 0 Å². The Morgan fingerprint density at radius 3 is 2.87 bits per heavy atom. The summed E-state index contributed by atoms with van der Waals surface area (Å²) in [7, 11) is 1.68. The van der Waals surface area contributed by atoms with E-state index in [1.54, 1.807) is 18.4 Å². The molecule has 1 saturated heterocycles. The van der Waals surface area contributed by atoms with Crippen molar-refractivity contribution in [2.24, 2.45) is 11.7 Å². The largest absolute Gasteiger partial charge is 0.497 e. The van der Waals surface area contributed by atoms with Crippen molar-refractivity contribution in [1.82, 2.24) is 15.3 Å². The highest BCUT2D eigenvalue weighted by Crippen LogP contribution is 2.32. The maximum Gasteiger partial charge on any atom is 0.183 e. The molecule has 0 spiro atoms. The van der Waals surface area contributed by atoms with Crippen LogP contribution in [0.15, 0.2) is 41.9 Å². The molecule has 1 aliphatic heterocycles. The van der Waals surface area contributed by atoms with Gasteiger partial charge in [-0.3, -0.25) is 0 Å². The van der Waals surface area contributed by atoms with Crippen molar-refractivity contribution >= 4 is 27.4 Å². The van der Waals surface area contributed by atoms with E-state index in [1.165, 1.54) is 5.56 Å². The van der Waals surface area contributed by atoms with E-state index in [1.807, 2.05) is 12.1 Å². The summed E-state index contributed by atoms with van der Waals surface area (Å²) < 4.78 is 5.43. The molecule has 0 aliphatic carbocycles. The Balaban J connectivity index is 1.70. The fourth-order valence-electron chi connectivity index (χ4n) is 3.97. The highest BCUT2D eigenvalue weighted by Gasteiger charge is 2.26. The van der Waals surface area contributed by atoms with E-state index in [0.717, 1.165) is 58.3 Å². The first-order valence-electron chi connectivity index (χ1n) is 10.3. The minimum atomic E-state index is 0.200. The number of ether oxygens (including phenoxy) is 1. The number of hydrogen-bond donors (Lipinski definition) is 3. The van der Waals surface area contributed by atoms with Crippen LogP contribution in [0.25, 0.3) is 22.3 Å². The van der Waals surface area contributed by atoms with Crippen LogP contribution in [0, 0.1) is 5.92 Å². The third-order valence-corrected chi connectivity index (χ3v) is 6.23. The van der Waals surface area contributed by atoms with E-state index in [0.29, 0.717) is 12.0 Å². The van der Waals surface area contributed by atoms with Gasteiger partial charge in [-0.15, -0.1) is 11.3 Å². The fraction of sp³-hybridized carbons (Fsp3) is 0.391. The third kappa shape index (κ3) is 4.42. The molecule has 4 N–H and O–H groups in total. The van der Waals surface area contributed by atoms with Crippen molar-refractivity contribution in [3.8, 4) is 17.1 Å². The summed E-state index contributed by atoms with van der Waals surface area (Å²) in [5, 5.41) is 11.0. The van der Waals surface area contributed by atoms with E-state index in [-0.39, 0.29) is 6.04 Å². The summed E-state index contributed by atoms with van der Waals surface area (Å²) in [6, 6.07) is 8.83. The number of nitrogens with zero attached hydrogens (tertiary/aromatic N) is 2. The fourth-order valence-corrected chi connectivity index (χ4v) is 4.82. The average molecular weight is 424 g/mol. The molecule has 2 atom stereocenters. The van der Waals surface area contributed by atoms with Gasteiger partial charge in [0.05, 0.1) is 18.3 Å². The lowest BCUT2D eigenvalue weighted by Gasteiger charge is -2.14. The predicted molar refractivity (Wildman–Crippen MR) is 125 cm³/mol. The van der Waals surface area contributed by atoms with Gasteiger partial charge in [0.15, 0.2) is 5.13 Å². The second-order valence-corrected chi connectivity index (χ2v) is 9.09. The lowest BCUT2D eigenvalue weighted by Crippen LogP contribution is -2.26. The summed E-state index contributed by atoms with van der Waals surface area (Å²) in [5.74, 6) is 1.31. The van der Waals surface area contributed by atoms with Gasteiger partial charge in [-0.05, 0) is 62.9 Å². The molecule has 6 nitrogen and oxygen atoms in total. The highest BCUT2D eigenvalue weighted by molar-refractivity contribution is 7.14. The Bertz CT molecular complexity index is 1060. The third-order valence-electron chi connectivity index (χ3n) is 5.46. The van der Waals surface area contributed by atoms with E-state index in [2.05, 4.69) is 48.6 Å². The number of methoxy groups -OCH3 is 1.